The van der Waals surface area contributed by atoms with Gasteiger partial charge in [-0.3, -0.25) is 4.79 Å². The highest BCUT2D eigenvalue weighted by atomic mass is 32.1. The maximum absolute atomic E-state index is 11.3. The van der Waals surface area contributed by atoms with Gasteiger partial charge in [-0.1, -0.05) is 6.07 Å². The van der Waals surface area contributed by atoms with E-state index in [2.05, 4.69) is 12.6 Å². The van der Waals surface area contributed by atoms with Crippen molar-refractivity contribution in [3.8, 4) is 0 Å². The minimum absolute atomic E-state index is 0.0848. The Hall–Kier alpha value is -0.700. The third-order valence-corrected chi connectivity index (χ3v) is 1.75. The number of nitrogens with zero attached hydrogens (tertiary/aromatic N) is 1. The van der Waals surface area contributed by atoms with E-state index in [-0.39, 0.29) is 5.56 Å². The molecule has 60 valence electrons. The topological polar surface area (TPSA) is 22.0 Å². The van der Waals surface area contributed by atoms with Crippen LogP contribution in [0.4, 0.5) is 0 Å². The predicted molar refractivity (Wildman–Crippen MR) is 49.3 cm³/mol. The number of hydrogen-bond donors (Lipinski definition) is 1. The highest BCUT2D eigenvalue weighted by molar-refractivity contribution is 7.80. The molecule has 1 aromatic heterocycles. The largest absolute Gasteiger partial charge is 0.314 e. The van der Waals surface area contributed by atoms with Crippen molar-refractivity contribution in [1.82, 2.24) is 4.57 Å². The van der Waals surface area contributed by atoms with Gasteiger partial charge in [-0.2, -0.15) is 12.6 Å². The van der Waals surface area contributed by atoms with Gasteiger partial charge in [0, 0.05) is 24.1 Å². The lowest BCUT2D eigenvalue weighted by molar-refractivity contribution is 0.730. The third-order valence-electron chi connectivity index (χ3n) is 1.55. The zero-order valence-corrected chi connectivity index (χ0v) is 7.34. The molecule has 0 amide bonds. The minimum Gasteiger partial charge on any atom is -0.314 e. The first-order valence-corrected chi connectivity index (χ1v) is 4.16. The van der Waals surface area contributed by atoms with Crippen LogP contribution in [-0.4, -0.2) is 10.3 Å². The van der Waals surface area contributed by atoms with E-state index in [0.717, 1.165) is 5.56 Å². The average Bonchev–Trinajstić information content (AvgIpc) is 1.99. The molecule has 2 nitrogen and oxygen atoms in total. The minimum atomic E-state index is 0.0848. The maximum Gasteiger partial charge on any atom is 0.253 e. The summed E-state index contributed by atoms with van der Waals surface area (Å²) in [6.07, 6.45) is 1.78. The zero-order valence-electron chi connectivity index (χ0n) is 6.45. The molecule has 0 aliphatic carbocycles. The molecule has 0 saturated carbocycles. The quantitative estimate of drug-likeness (QED) is 0.658. The van der Waals surface area contributed by atoms with Crippen molar-refractivity contribution in [2.45, 2.75) is 13.5 Å². The normalized spacial score (nSPS) is 10.0. The van der Waals surface area contributed by atoms with Crippen LogP contribution < -0.4 is 5.56 Å². The van der Waals surface area contributed by atoms with Gasteiger partial charge < -0.3 is 4.57 Å². The number of thiol groups is 1. The summed E-state index contributed by atoms with van der Waals surface area (Å²) in [5, 5.41) is 0. The Kier molecular flexibility index (Phi) is 2.76. The van der Waals surface area contributed by atoms with Crippen molar-refractivity contribution in [2.75, 3.05) is 5.75 Å². The van der Waals surface area contributed by atoms with Crippen LogP contribution in [0, 0.1) is 6.92 Å². The van der Waals surface area contributed by atoms with E-state index in [1.807, 2.05) is 19.1 Å². The Balaban J connectivity index is 3.07. The molecule has 1 heterocycles. The fourth-order valence-corrected chi connectivity index (χ4v) is 1.16. The van der Waals surface area contributed by atoms with Gasteiger partial charge in [0.25, 0.3) is 5.56 Å². The van der Waals surface area contributed by atoms with E-state index >= 15 is 0 Å². The molecule has 0 unspecified atom stereocenters. The number of aryl methyl sites for hydroxylation is 2. The molecule has 0 N–H and O–H groups in total. The van der Waals surface area contributed by atoms with Crippen molar-refractivity contribution in [1.29, 1.82) is 0 Å². The van der Waals surface area contributed by atoms with Gasteiger partial charge in [0.05, 0.1) is 0 Å². The highest BCUT2D eigenvalue weighted by Gasteiger charge is 1.95. The molecular weight excluding hydrogens is 158 g/mol. The van der Waals surface area contributed by atoms with Crippen LogP contribution in [0.1, 0.15) is 5.56 Å². The van der Waals surface area contributed by atoms with Crippen LogP contribution in [0.25, 0.3) is 0 Å². The molecule has 0 bridgehead atoms. The van der Waals surface area contributed by atoms with E-state index < -0.39 is 0 Å². The SMILES string of the molecule is Cc1cccn(CCS)c1=O. The maximum atomic E-state index is 11.3. The molecule has 1 aromatic rings. The van der Waals surface area contributed by atoms with Gasteiger partial charge >= 0.3 is 0 Å². The molecule has 11 heavy (non-hydrogen) atoms. The van der Waals surface area contributed by atoms with Gasteiger partial charge in [0.15, 0.2) is 0 Å². The lowest BCUT2D eigenvalue weighted by Crippen LogP contribution is -2.21. The summed E-state index contributed by atoms with van der Waals surface area (Å²) in [7, 11) is 0. The van der Waals surface area contributed by atoms with Gasteiger partial charge in [0.1, 0.15) is 0 Å². The van der Waals surface area contributed by atoms with Crippen molar-refractivity contribution in [3.63, 3.8) is 0 Å². The van der Waals surface area contributed by atoms with Crippen molar-refractivity contribution >= 4 is 12.6 Å². The molecule has 1 rings (SSSR count). The Bertz CT molecular complexity index is 292. The molecule has 0 radical (unpaired) electrons. The Morgan fingerprint density at radius 2 is 2.36 bits per heavy atom. The number of rotatable bonds is 2. The smallest absolute Gasteiger partial charge is 0.253 e. The molecule has 0 aliphatic heterocycles. The van der Waals surface area contributed by atoms with Crippen molar-refractivity contribution in [2.24, 2.45) is 0 Å². The van der Waals surface area contributed by atoms with E-state index in [1.54, 1.807) is 10.8 Å². The Labute approximate surface area is 71.3 Å². The first kappa shape index (κ1) is 8.40. The molecule has 0 aromatic carbocycles. The highest BCUT2D eigenvalue weighted by Crippen LogP contribution is 1.89. The summed E-state index contributed by atoms with van der Waals surface area (Å²) in [5.41, 5.74) is 0.871. The molecule has 0 atom stereocenters. The molecule has 0 fully saturated rings. The fourth-order valence-electron chi connectivity index (χ4n) is 0.941. The van der Waals surface area contributed by atoms with E-state index in [0.29, 0.717) is 12.3 Å². The summed E-state index contributed by atoms with van der Waals surface area (Å²) in [6.45, 7) is 2.50. The van der Waals surface area contributed by atoms with E-state index in [1.165, 1.54) is 0 Å². The summed E-state index contributed by atoms with van der Waals surface area (Å²) < 4.78 is 1.67. The second-order valence-electron chi connectivity index (χ2n) is 2.41. The average molecular weight is 169 g/mol. The molecule has 0 saturated heterocycles. The number of pyridine rings is 1. The van der Waals surface area contributed by atoms with Gasteiger partial charge in [-0.25, -0.2) is 0 Å². The number of hydrogen-bond acceptors (Lipinski definition) is 2. The Morgan fingerprint density at radius 1 is 1.64 bits per heavy atom. The second kappa shape index (κ2) is 3.62. The van der Waals surface area contributed by atoms with Crippen LogP contribution in [0.15, 0.2) is 23.1 Å². The second-order valence-corrected chi connectivity index (χ2v) is 2.86. The standard InChI is InChI=1S/C8H11NOS/c1-7-3-2-4-9(5-6-11)8(7)10/h2-4,11H,5-6H2,1H3. The fraction of sp³-hybridized carbons (Fsp3) is 0.375. The van der Waals surface area contributed by atoms with E-state index in [4.69, 9.17) is 0 Å². The van der Waals surface area contributed by atoms with Gasteiger partial charge in [0.2, 0.25) is 0 Å². The van der Waals surface area contributed by atoms with Gasteiger partial charge in [-0.05, 0) is 13.0 Å². The summed E-state index contributed by atoms with van der Waals surface area (Å²) in [6, 6.07) is 3.69. The van der Waals surface area contributed by atoms with Gasteiger partial charge in [-0.15, -0.1) is 0 Å². The molecule has 0 aliphatic rings. The summed E-state index contributed by atoms with van der Waals surface area (Å²) in [4.78, 5) is 11.3. The molecular formula is C8H11NOS. The lowest BCUT2D eigenvalue weighted by Gasteiger charge is -2.02. The van der Waals surface area contributed by atoms with Crippen molar-refractivity contribution < 1.29 is 0 Å². The predicted octanol–water partition coefficient (Wildman–Crippen LogP) is 1.09. The third kappa shape index (κ3) is 1.87. The summed E-state index contributed by atoms with van der Waals surface area (Å²) in [5.74, 6) is 0.698. The Morgan fingerprint density at radius 3 is 3.00 bits per heavy atom. The first-order chi connectivity index (χ1) is 5.25. The van der Waals surface area contributed by atoms with Crippen LogP contribution in [-0.2, 0) is 6.54 Å². The lowest BCUT2D eigenvalue weighted by atomic mass is 10.3. The monoisotopic (exact) mass is 169 g/mol. The summed E-state index contributed by atoms with van der Waals surface area (Å²) >= 11 is 4.05. The van der Waals surface area contributed by atoms with Crippen LogP contribution >= 0.6 is 12.6 Å². The van der Waals surface area contributed by atoms with Crippen molar-refractivity contribution in [3.05, 3.63) is 34.2 Å². The molecule has 3 heteroatoms. The first-order valence-electron chi connectivity index (χ1n) is 3.52. The van der Waals surface area contributed by atoms with Crippen LogP contribution in [0.3, 0.4) is 0 Å². The molecule has 0 spiro atoms. The van der Waals surface area contributed by atoms with E-state index in [9.17, 15) is 4.79 Å². The van der Waals surface area contributed by atoms with Crippen LogP contribution in [0.5, 0.6) is 0 Å². The zero-order chi connectivity index (χ0) is 8.27. The van der Waals surface area contributed by atoms with Crippen LogP contribution in [0.2, 0.25) is 0 Å². The number of aromatic nitrogens is 1.